The molecule has 1 aromatic carbocycles. The molecule has 0 N–H and O–H groups in total. The summed E-state index contributed by atoms with van der Waals surface area (Å²) < 4.78 is 93.7. The van der Waals surface area contributed by atoms with Crippen LogP contribution in [0.3, 0.4) is 0 Å². The van der Waals surface area contributed by atoms with Crippen molar-refractivity contribution in [3.8, 4) is 0 Å². The van der Waals surface area contributed by atoms with Crippen molar-refractivity contribution >= 4 is 11.7 Å². The predicted octanol–water partition coefficient (Wildman–Crippen LogP) is 4.51. The summed E-state index contributed by atoms with van der Waals surface area (Å²) in [4.78, 5) is 11.9. The molecule has 0 fully saturated rings. The molecule has 10 heteroatoms. The van der Waals surface area contributed by atoms with Gasteiger partial charge in [-0.05, 0) is 6.08 Å². The van der Waals surface area contributed by atoms with E-state index in [0.29, 0.717) is 6.08 Å². The van der Waals surface area contributed by atoms with Gasteiger partial charge in [0.25, 0.3) is 5.95 Å². The summed E-state index contributed by atoms with van der Waals surface area (Å²) in [6, 6.07) is 7.40. The van der Waals surface area contributed by atoms with Crippen LogP contribution < -0.4 is 0 Å². The third-order valence-electron chi connectivity index (χ3n) is 3.42. The number of esters is 1. The molecule has 0 unspecified atom stereocenters. The van der Waals surface area contributed by atoms with Crippen molar-refractivity contribution in [2.24, 2.45) is 0 Å². The van der Waals surface area contributed by atoms with E-state index in [0.717, 1.165) is 14.2 Å². The highest BCUT2D eigenvalue weighted by Crippen LogP contribution is 2.45. The van der Waals surface area contributed by atoms with Gasteiger partial charge in [-0.2, -0.15) is 26.3 Å². The zero-order chi connectivity index (χ0) is 20.4. The number of ether oxygens (including phenoxy) is 3. The van der Waals surface area contributed by atoms with Crippen molar-refractivity contribution in [2.75, 3.05) is 14.2 Å². The lowest BCUT2D eigenvalue weighted by molar-refractivity contribution is -0.172. The van der Waals surface area contributed by atoms with Crippen LogP contribution in [-0.4, -0.2) is 32.5 Å². The minimum absolute atomic E-state index is 0.178. The second-order valence-electron chi connectivity index (χ2n) is 5.12. The Morgan fingerprint density at radius 2 is 1.52 bits per heavy atom. The molecule has 1 aromatic rings. The number of halogens is 6. The first-order valence-corrected chi connectivity index (χ1v) is 7.21. The largest absolute Gasteiger partial charge is 0.468 e. The molecular formula is C17H12F6O4. The molecule has 0 saturated heterocycles. The number of allylic oxidation sites excluding steroid dienone is 2. The Balaban J connectivity index is 2.88. The molecule has 4 nitrogen and oxygen atoms in total. The second-order valence-corrected chi connectivity index (χ2v) is 5.12. The Bertz CT molecular complexity index is 800. The fourth-order valence-electron chi connectivity index (χ4n) is 2.34. The van der Waals surface area contributed by atoms with Crippen LogP contribution in [0.5, 0.6) is 0 Å². The molecule has 0 aromatic heterocycles. The Morgan fingerprint density at radius 3 is 1.96 bits per heavy atom. The van der Waals surface area contributed by atoms with Gasteiger partial charge in [0.05, 0.1) is 14.2 Å². The standard InChI is InChI=1S/C17H12F6O4/c1-25-14(24)12-10(13(16(18,19)20)17(21,22)23)8-11(27-15(12)26-2)9-6-4-3-5-7-9/h3-8H,1-2H3. The summed E-state index contributed by atoms with van der Waals surface area (Å²) in [5.74, 6) is -2.68. The molecule has 0 spiro atoms. The first-order chi connectivity index (χ1) is 12.5. The van der Waals surface area contributed by atoms with E-state index in [-0.39, 0.29) is 11.3 Å². The predicted molar refractivity (Wildman–Crippen MR) is 80.7 cm³/mol. The van der Waals surface area contributed by atoms with Gasteiger partial charge in [0, 0.05) is 11.1 Å². The molecule has 27 heavy (non-hydrogen) atoms. The van der Waals surface area contributed by atoms with E-state index in [1.54, 1.807) is 6.07 Å². The molecule has 146 valence electrons. The van der Waals surface area contributed by atoms with Gasteiger partial charge >= 0.3 is 18.3 Å². The van der Waals surface area contributed by atoms with E-state index in [1.165, 1.54) is 24.3 Å². The minimum Gasteiger partial charge on any atom is -0.468 e. The van der Waals surface area contributed by atoms with Gasteiger partial charge in [0.2, 0.25) is 0 Å². The van der Waals surface area contributed by atoms with Crippen LogP contribution in [0.1, 0.15) is 5.56 Å². The van der Waals surface area contributed by atoms with Gasteiger partial charge in [-0.3, -0.25) is 0 Å². The molecule has 2 rings (SSSR count). The van der Waals surface area contributed by atoms with Gasteiger partial charge in [-0.1, -0.05) is 30.3 Å². The average molecular weight is 394 g/mol. The Labute approximate surface area is 149 Å². The summed E-state index contributed by atoms with van der Waals surface area (Å²) >= 11 is 0. The van der Waals surface area contributed by atoms with E-state index < -0.39 is 41.0 Å². The van der Waals surface area contributed by atoms with Gasteiger partial charge < -0.3 is 14.2 Å². The van der Waals surface area contributed by atoms with E-state index >= 15 is 0 Å². The maximum atomic E-state index is 13.2. The van der Waals surface area contributed by atoms with Crippen LogP contribution in [0.15, 0.2) is 59.1 Å². The Hall–Kier alpha value is -2.91. The molecule has 0 amide bonds. The number of carbonyl (C=O) groups is 1. The van der Waals surface area contributed by atoms with E-state index in [2.05, 4.69) is 4.74 Å². The minimum atomic E-state index is -5.80. The fraction of sp³-hybridized carbons (Fsp3) is 0.235. The zero-order valence-electron chi connectivity index (χ0n) is 13.9. The molecular weight excluding hydrogens is 382 g/mol. The number of benzene rings is 1. The van der Waals surface area contributed by atoms with Gasteiger partial charge in [-0.15, -0.1) is 0 Å². The lowest BCUT2D eigenvalue weighted by atomic mass is 9.95. The zero-order valence-corrected chi connectivity index (χ0v) is 13.9. The second kappa shape index (κ2) is 7.37. The molecule has 0 atom stereocenters. The quantitative estimate of drug-likeness (QED) is 0.559. The average Bonchev–Trinajstić information content (AvgIpc) is 2.58. The highest BCUT2D eigenvalue weighted by Gasteiger charge is 2.54. The first kappa shape index (κ1) is 20.4. The molecule has 0 saturated carbocycles. The van der Waals surface area contributed by atoms with Crippen LogP contribution in [0.25, 0.3) is 5.76 Å². The van der Waals surface area contributed by atoms with Crippen LogP contribution >= 0.6 is 0 Å². The number of carbonyl (C=O) groups excluding carboxylic acids is 1. The molecule has 1 aliphatic rings. The first-order valence-electron chi connectivity index (χ1n) is 7.21. The highest BCUT2D eigenvalue weighted by atomic mass is 19.4. The smallest absolute Gasteiger partial charge is 0.421 e. The van der Waals surface area contributed by atoms with Crippen molar-refractivity contribution in [1.29, 1.82) is 0 Å². The summed E-state index contributed by atoms with van der Waals surface area (Å²) in [7, 11) is 1.74. The number of rotatable bonds is 3. The van der Waals surface area contributed by atoms with Crippen LogP contribution in [0, 0.1) is 0 Å². The summed E-state index contributed by atoms with van der Waals surface area (Å²) in [5.41, 5.74) is -5.27. The molecule has 0 bridgehead atoms. The van der Waals surface area contributed by atoms with E-state index in [9.17, 15) is 31.1 Å². The number of methoxy groups -OCH3 is 2. The van der Waals surface area contributed by atoms with Crippen molar-refractivity contribution < 1.29 is 45.3 Å². The van der Waals surface area contributed by atoms with Crippen LogP contribution in [0.2, 0.25) is 0 Å². The molecule has 0 radical (unpaired) electrons. The molecule has 0 aliphatic carbocycles. The van der Waals surface area contributed by atoms with E-state index in [4.69, 9.17) is 9.47 Å². The summed E-state index contributed by atoms with van der Waals surface area (Å²) in [6.45, 7) is 0. The SMILES string of the molecule is COC(=O)C1=C(OC)OC(c2ccccc2)=CC1=C(C(F)(F)F)C(F)(F)F. The monoisotopic (exact) mass is 394 g/mol. The Kier molecular flexibility index (Phi) is 5.57. The summed E-state index contributed by atoms with van der Waals surface area (Å²) in [6.07, 6.45) is -11.1. The number of hydrogen-bond donors (Lipinski definition) is 0. The van der Waals surface area contributed by atoms with Crippen LogP contribution in [0.4, 0.5) is 26.3 Å². The number of alkyl halides is 6. The fourth-order valence-corrected chi connectivity index (χ4v) is 2.34. The Morgan fingerprint density at radius 1 is 0.963 bits per heavy atom. The highest BCUT2D eigenvalue weighted by molar-refractivity contribution is 5.97. The molecule has 1 aliphatic heterocycles. The van der Waals surface area contributed by atoms with Gasteiger partial charge in [0.15, 0.2) is 0 Å². The maximum Gasteiger partial charge on any atom is 0.421 e. The third kappa shape index (κ3) is 4.26. The van der Waals surface area contributed by atoms with Crippen LogP contribution in [-0.2, 0) is 19.0 Å². The lowest BCUT2D eigenvalue weighted by Gasteiger charge is -2.25. The van der Waals surface area contributed by atoms with Crippen molar-refractivity contribution in [3.63, 3.8) is 0 Å². The number of hydrogen-bond acceptors (Lipinski definition) is 4. The topological polar surface area (TPSA) is 44.8 Å². The molecule has 1 heterocycles. The van der Waals surface area contributed by atoms with E-state index in [1.807, 2.05) is 0 Å². The van der Waals surface area contributed by atoms with Crippen molar-refractivity contribution in [1.82, 2.24) is 0 Å². The van der Waals surface area contributed by atoms with Gasteiger partial charge in [-0.25, -0.2) is 4.79 Å². The maximum absolute atomic E-state index is 13.2. The van der Waals surface area contributed by atoms with Crippen molar-refractivity contribution in [2.45, 2.75) is 12.4 Å². The normalized spacial score (nSPS) is 15.1. The van der Waals surface area contributed by atoms with Gasteiger partial charge in [0.1, 0.15) is 16.9 Å². The third-order valence-corrected chi connectivity index (χ3v) is 3.42. The lowest BCUT2D eigenvalue weighted by Crippen LogP contribution is -2.30. The summed E-state index contributed by atoms with van der Waals surface area (Å²) in [5, 5.41) is 0. The van der Waals surface area contributed by atoms with Crippen molar-refractivity contribution in [3.05, 3.63) is 64.6 Å².